The van der Waals surface area contributed by atoms with Crippen molar-refractivity contribution in [2.45, 2.75) is 26.7 Å². The molecular weight excluding hydrogens is 280 g/mol. The third-order valence-corrected chi connectivity index (χ3v) is 2.43. The zero-order valence-corrected chi connectivity index (χ0v) is 13.1. The van der Waals surface area contributed by atoms with Crippen molar-refractivity contribution in [2.75, 3.05) is 19.8 Å². The van der Waals surface area contributed by atoms with Gasteiger partial charge in [0.1, 0.15) is 0 Å². The van der Waals surface area contributed by atoms with Gasteiger partial charge in [-0.25, -0.2) is 0 Å². The topological polar surface area (TPSA) is 44.8 Å². The SMILES string of the molecule is CCOC(C#CC(=O)C#Cc1ccccc1)(OCC)OCC. The van der Waals surface area contributed by atoms with Crippen LogP contribution in [0.4, 0.5) is 0 Å². The van der Waals surface area contributed by atoms with Gasteiger partial charge in [0.05, 0.1) is 19.8 Å². The first kappa shape index (κ1) is 17.9. The summed E-state index contributed by atoms with van der Waals surface area (Å²) in [6.07, 6.45) is 0. The number of carbonyl (C=O) groups is 1. The van der Waals surface area contributed by atoms with Crippen LogP contribution in [0.15, 0.2) is 30.3 Å². The minimum absolute atomic E-state index is 0.346. The molecule has 1 aromatic carbocycles. The lowest BCUT2D eigenvalue weighted by Crippen LogP contribution is -2.38. The molecule has 116 valence electrons. The number of ether oxygens (including phenoxy) is 3. The monoisotopic (exact) mass is 300 g/mol. The zero-order valence-electron chi connectivity index (χ0n) is 13.1. The van der Waals surface area contributed by atoms with Gasteiger partial charge in [-0.1, -0.05) is 24.1 Å². The van der Waals surface area contributed by atoms with Crippen LogP contribution in [0.3, 0.4) is 0 Å². The largest absolute Gasteiger partial charge is 0.353 e. The number of hydrogen-bond donors (Lipinski definition) is 0. The molecule has 4 nitrogen and oxygen atoms in total. The number of hydrogen-bond acceptors (Lipinski definition) is 4. The average Bonchev–Trinajstić information content (AvgIpc) is 2.53. The Morgan fingerprint density at radius 1 is 0.955 bits per heavy atom. The number of ketones is 1. The van der Waals surface area contributed by atoms with Gasteiger partial charge in [-0.2, -0.15) is 0 Å². The highest BCUT2D eigenvalue weighted by molar-refractivity contribution is 6.09. The first-order chi connectivity index (χ1) is 10.7. The van der Waals surface area contributed by atoms with E-state index in [0.717, 1.165) is 5.56 Å². The summed E-state index contributed by atoms with van der Waals surface area (Å²) in [6, 6.07) is 9.22. The first-order valence-corrected chi connectivity index (χ1v) is 7.21. The Balaban J connectivity index is 2.87. The maximum Gasteiger partial charge on any atom is 0.353 e. The van der Waals surface area contributed by atoms with Crippen LogP contribution in [0.2, 0.25) is 0 Å². The lowest BCUT2D eigenvalue weighted by Gasteiger charge is -2.26. The van der Waals surface area contributed by atoms with Crippen molar-refractivity contribution in [1.29, 1.82) is 0 Å². The molecule has 0 aliphatic carbocycles. The summed E-state index contributed by atoms with van der Waals surface area (Å²) in [4.78, 5) is 11.8. The van der Waals surface area contributed by atoms with Gasteiger partial charge in [-0.15, -0.1) is 0 Å². The van der Waals surface area contributed by atoms with Crippen molar-refractivity contribution in [3.05, 3.63) is 35.9 Å². The minimum Gasteiger partial charge on any atom is -0.317 e. The summed E-state index contributed by atoms with van der Waals surface area (Å²) in [5, 5.41) is 0. The van der Waals surface area contributed by atoms with E-state index in [1.165, 1.54) is 0 Å². The van der Waals surface area contributed by atoms with Crippen molar-refractivity contribution in [3.63, 3.8) is 0 Å². The quantitative estimate of drug-likeness (QED) is 0.460. The minimum atomic E-state index is -1.51. The van der Waals surface area contributed by atoms with E-state index in [9.17, 15) is 4.79 Å². The van der Waals surface area contributed by atoms with Crippen LogP contribution in [0, 0.1) is 23.7 Å². The molecule has 0 amide bonds. The first-order valence-electron chi connectivity index (χ1n) is 7.21. The summed E-state index contributed by atoms with van der Waals surface area (Å²) in [6.45, 7) is 6.43. The Morgan fingerprint density at radius 3 is 2.00 bits per heavy atom. The number of rotatable bonds is 6. The highest BCUT2D eigenvalue weighted by Crippen LogP contribution is 2.14. The summed E-state index contributed by atoms with van der Waals surface area (Å²) in [5.41, 5.74) is 0.753. The molecule has 22 heavy (non-hydrogen) atoms. The van der Waals surface area contributed by atoms with Crippen LogP contribution in [0.1, 0.15) is 26.3 Å². The highest BCUT2D eigenvalue weighted by atomic mass is 16.9. The molecule has 0 spiro atoms. The fourth-order valence-electron chi connectivity index (χ4n) is 1.62. The molecule has 0 aliphatic heterocycles. The van der Waals surface area contributed by atoms with Crippen molar-refractivity contribution in [3.8, 4) is 23.7 Å². The number of Topliss-reactive ketones (excluding diaryl/α,β-unsaturated/α-hetero) is 1. The molecule has 4 heteroatoms. The van der Waals surface area contributed by atoms with Crippen LogP contribution in [-0.2, 0) is 19.0 Å². The van der Waals surface area contributed by atoms with Crippen molar-refractivity contribution < 1.29 is 19.0 Å². The molecule has 0 saturated carbocycles. The Morgan fingerprint density at radius 2 is 1.50 bits per heavy atom. The Bertz CT molecular complexity index is 567. The van der Waals surface area contributed by atoms with Crippen LogP contribution < -0.4 is 0 Å². The molecule has 1 aromatic rings. The van der Waals surface area contributed by atoms with Crippen LogP contribution in [0.5, 0.6) is 0 Å². The van der Waals surface area contributed by atoms with E-state index in [-0.39, 0.29) is 0 Å². The summed E-state index contributed by atoms with van der Waals surface area (Å²) >= 11 is 0. The van der Waals surface area contributed by atoms with Crippen molar-refractivity contribution in [2.24, 2.45) is 0 Å². The molecule has 0 unspecified atom stereocenters. The van der Waals surface area contributed by atoms with Crippen molar-refractivity contribution in [1.82, 2.24) is 0 Å². The van der Waals surface area contributed by atoms with Gasteiger partial charge in [0.25, 0.3) is 5.78 Å². The van der Waals surface area contributed by atoms with Gasteiger partial charge in [0.2, 0.25) is 0 Å². The van der Waals surface area contributed by atoms with Gasteiger partial charge in [0, 0.05) is 11.5 Å². The van der Waals surface area contributed by atoms with Gasteiger partial charge in [-0.05, 0) is 44.7 Å². The van der Waals surface area contributed by atoms with E-state index in [4.69, 9.17) is 14.2 Å². The van der Waals surface area contributed by atoms with E-state index in [2.05, 4.69) is 23.7 Å². The molecule has 0 fully saturated rings. The standard InChI is InChI=1S/C18H20O4/c1-4-20-18(21-5-2,22-6-3)15-14-17(19)13-12-16-10-8-7-9-11-16/h7-11H,4-6H2,1-3H3. The van der Waals surface area contributed by atoms with Gasteiger partial charge < -0.3 is 14.2 Å². The van der Waals surface area contributed by atoms with Crippen molar-refractivity contribution >= 4 is 5.78 Å². The van der Waals surface area contributed by atoms with Gasteiger partial charge >= 0.3 is 5.97 Å². The predicted molar refractivity (Wildman–Crippen MR) is 83.7 cm³/mol. The maximum absolute atomic E-state index is 11.8. The molecule has 0 bridgehead atoms. The smallest absolute Gasteiger partial charge is 0.317 e. The fraction of sp³-hybridized carbons (Fsp3) is 0.389. The second kappa shape index (κ2) is 9.76. The normalized spacial score (nSPS) is 10.1. The molecule has 0 aromatic heterocycles. The van der Waals surface area contributed by atoms with Crippen LogP contribution in [-0.4, -0.2) is 31.6 Å². The van der Waals surface area contributed by atoms with E-state index in [0.29, 0.717) is 19.8 Å². The molecule has 0 radical (unpaired) electrons. The molecule has 0 atom stereocenters. The Kier molecular flexibility index (Phi) is 7.96. The van der Waals surface area contributed by atoms with Crippen LogP contribution >= 0.6 is 0 Å². The van der Waals surface area contributed by atoms with Gasteiger partial charge in [-0.3, -0.25) is 4.79 Å². The highest BCUT2D eigenvalue weighted by Gasteiger charge is 2.30. The van der Waals surface area contributed by atoms with Gasteiger partial charge in [0.15, 0.2) is 0 Å². The fourth-order valence-corrected chi connectivity index (χ4v) is 1.62. The second-order valence-electron chi connectivity index (χ2n) is 4.05. The summed E-state index contributed by atoms with van der Waals surface area (Å²) in [7, 11) is 0. The van der Waals surface area contributed by atoms with E-state index in [1.807, 2.05) is 30.3 Å². The van der Waals surface area contributed by atoms with Crippen LogP contribution in [0.25, 0.3) is 0 Å². The molecule has 1 rings (SSSR count). The molecule has 0 aliphatic rings. The molecule has 0 N–H and O–H groups in total. The Hall–Kier alpha value is -2.11. The molecule has 0 saturated heterocycles. The third-order valence-electron chi connectivity index (χ3n) is 2.43. The van der Waals surface area contributed by atoms with E-state index in [1.54, 1.807) is 20.8 Å². The maximum atomic E-state index is 11.8. The average molecular weight is 300 g/mol. The summed E-state index contributed by atoms with van der Waals surface area (Å²) < 4.78 is 16.2. The lowest BCUT2D eigenvalue weighted by atomic mass is 10.2. The second-order valence-corrected chi connectivity index (χ2v) is 4.05. The Labute approximate surface area is 131 Å². The van der Waals surface area contributed by atoms with E-state index < -0.39 is 11.8 Å². The number of carbonyl (C=O) groups excluding carboxylic acids is 1. The number of benzene rings is 1. The summed E-state index contributed by atoms with van der Waals surface area (Å²) in [5.74, 6) is 8.20. The zero-order chi connectivity index (χ0) is 16.3. The lowest BCUT2D eigenvalue weighted by molar-refractivity contribution is -0.339. The molecular formula is C18H20O4. The van der Waals surface area contributed by atoms with E-state index >= 15 is 0 Å². The predicted octanol–water partition coefficient (Wildman–Crippen LogP) is 2.37. The third kappa shape index (κ3) is 6.11. The molecule has 0 heterocycles.